The molecule has 3 aliphatic rings. The second-order valence-corrected chi connectivity index (χ2v) is 40.0. The van der Waals surface area contributed by atoms with Gasteiger partial charge in [0.15, 0.2) is 0 Å². The number of rotatable bonds is 0. The number of hydrogen-bond acceptors (Lipinski definition) is 24. The molecule has 0 radical (unpaired) electrons. The Morgan fingerprint density at radius 3 is 0.182 bits per heavy atom. The van der Waals surface area contributed by atoms with Crippen molar-refractivity contribution in [2.75, 3.05) is 157 Å². The molecule has 0 unspecified atom stereocenters. The van der Waals surface area contributed by atoms with Crippen LogP contribution in [0, 0.1) is 0 Å². The molecule has 800 valence electrons. The Labute approximate surface area is 928 Å². The standard InChI is InChI=1S/3C16H24N8O8.24ClH.4Cu.4Fe.4Mn/c3*25-9-10(26)19-3-4-21-13(29)14(30)23-7-8-24-16(32)15(31)22-6-5-20-12(28)11(27)18-2-1-17-9;;;;;;;;;;;;;;;;;;;;;;;;;;;;;;;;;;;;/h3*1-8H2,(H,17,25)(H,18,27)(H,19,26)(H,20,28)(H,21,29)(H,22,31)(H,23,30)(H,24,32);24*1H;;;;;;;;;;;;/q;;;;;;;;;;;;;;;;;;;;;;;;;;;12*+2/p-24. The first-order valence-electron chi connectivity index (χ1n) is 31.5. The van der Waals surface area contributed by atoms with E-state index < -0.39 is 142 Å². The molecule has 0 saturated carbocycles. The van der Waals surface area contributed by atoms with Crippen LogP contribution in [0.4, 0.5) is 0 Å². The molecule has 3 heterocycles. The van der Waals surface area contributed by atoms with Crippen LogP contribution in [0.25, 0.3) is 0 Å². The third kappa shape index (κ3) is 125. The minimum atomic E-state index is -1.000. The number of amides is 24. The van der Waals surface area contributed by atoms with E-state index >= 15 is 0 Å². The SMILES string of the molecule is O=C1NCCNC(=O)C(=O)NCCNC(=O)C(=O)NCCNC(=O)C(=O)NCCNC1=O.O=C1NCCNC(=O)C(=O)NCCNC(=O)C(=O)NCCNC(=O)C(=O)NCCNC1=O.O=C1NCCNC(=O)C(=O)NCCNC(=O)C(=O)NCCNC(=O)C(=O)NCCNC1=O.[Cl][Cu][Cl].[Cl][Cu][Cl].[Cl][Cu][Cl].[Cl][Cu][Cl].[Cl][Fe][Cl].[Cl][Fe][Cl].[Cl][Fe][Cl].[Cl][Fe][Cl].[Cl][Mn][Cl].[Cl][Mn][Cl].[Cl][Mn][Cl].[Cl][Mn][Cl]. The van der Waals surface area contributed by atoms with Crippen LogP contribution in [-0.4, -0.2) is 299 Å². The van der Waals surface area contributed by atoms with Crippen LogP contribution in [0.3, 0.4) is 0 Å². The first-order valence-corrected chi connectivity index (χ1v) is 67.0. The summed E-state index contributed by atoms with van der Waals surface area (Å²) in [4.78, 5) is 278. The van der Waals surface area contributed by atoms with Gasteiger partial charge in [-0.2, -0.15) is 0 Å². The maximum absolute atomic E-state index is 11.6. The van der Waals surface area contributed by atoms with E-state index in [1.54, 1.807) is 0 Å². The van der Waals surface area contributed by atoms with Gasteiger partial charge in [-0.3, -0.25) is 115 Å². The second kappa shape index (κ2) is 128. The quantitative estimate of drug-likeness (QED) is 0.0800. The molecule has 3 saturated heterocycles. The summed E-state index contributed by atoms with van der Waals surface area (Å²) in [6.07, 6.45) is 0. The van der Waals surface area contributed by atoms with E-state index in [4.69, 9.17) is 162 Å². The van der Waals surface area contributed by atoms with Crippen LogP contribution in [-0.2, 0) is 273 Å². The molecule has 24 amide bonds. The molecule has 0 spiro atoms. The Morgan fingerprint density at radius 2 is 0.159 bits per heavy atom. The van der Waals surface area contributed by atoms with E-state index in [9.17, 15) is 115 Å². The predicted octanol–water partition coefficient (Wildman–Crippen LogP) is -4.69. The first kappa shape index (κ1) is 158. The number of carbonyl (C=O) groups is 24. The van der Waals surface area contributed by atoms with E-state index in [0.717, 1.165) is 52.5 Å². The Hall–Kier alpha value is 0.474. The molecule has 0 atom stereocenters. The third-order valence-corrected chi connectivity index (χ3v) is 10.8. The first-order chi connectivity index (χ1) is 62.6. The van der Waals surface area contributed by atoms with Crippen molar-refractivity contribution in [3.63, 3.8) is 0 Å². The molecule has 48 nitrogen and oxygen atoms in total. The summed E-state index contributed by atoms with van der Waals surface area (Å²) in [5.74, 6) is -24.0. The monoisotopic (exact) mass is 2900 g/mol. The van der Waals surface area contributed by atoms with E-state index in [0.29, 0.717) is 0 Å². The third-order valence-electron chi connectivity index (χ3n) is 10.8. The fourth-order valence-corrected chi connectivity index (χ4v) is 6.15. The van der Waals surface area contributed by atoms with Crippen molar-refractivity contribution >= 4 is 384 Å². The summed E-state index contributed by atoms with van der Waals surface area (Å²) in [6.45, 7) is -3.49. The van der Waals surface area contributed by atoms with E-state index in [1.807, 2.05) is 0 Å². The van der Waals surface area contributed by atoms with Crippen LogP contribution in [0.2, 0.25) is 0 Å². The Balaban J connectivity index is -0.000000138. The minimum absolute atomic E-state index is 0.00694. The second-order valence-electron chi connectivity index (χ2n) is 18.7. The zero-order valence-corrected chi connectivity index (χ0v) is 95.0. The molecule has 0 aromatic heterocycles. The van der Waals surface area contributed by atoms with Crippen LogP contribution >= 0.6 is 242 Å². The van der Waals surface area contributed by atoms with Crippen molar-refractivity contribution in [2.24, 2.45) is 0 Å². The predicted molar refractivity (Wildman–Crippen MR) is 453 cm³/mol. The van der Waals surface area contributed by atoms with Gasteiger partial charge in [0.25, 0.3) is 0 Å². The number of carbonyl (C=O) groups excluding carboxylic acids is 24. The number of hydrogen-bond donors (Lipinski definition) is 24. The molecule has 3 fully saturated rings. The molecule has 84 heteroatoms. The maximum atomic E-state index is 11.6. The summed E-state index contributed by atoms with van der Waals surface area (Å²) in [5.41, 5.74) is 0. The molecule has 0 aromatic rings. The summed E-state index contributed by atoms with van der Waals surface area (Å²) >= 11 is 3.83. The van der Waals surface area contributed by atoms with Crippen LogP contribution in [0.5, 0.6) is 0 Å². The molecular weight excluding hydrogens is 2840 g/mol. The molecule has 3 rings (SSSR count). The number of halogens is 24. The zero-order valence-electron chi connectivity index (χ0n) is 64.0. The summed E-state index contributed by atoms with van der Waals surface area (Å²) in [7, 11) is 114. The Bertz CT molecular complexity index is 2420. The van der Waals surface area contributed by atoms with Gasteiger partial charge in [-0.15, -0.1) is 0 Å². The van der Waals surface area contributed by atoms with Gasteiger partial charge in [0.05, 0.1) is 0 Å². The average molecular weight is 2920 g/mol. The zero-order chi connectivity index (χ0) is 104. The Kier molecular flexibility index (Phi) is 152. The molecule has 24 N–H and O–H groups in total. The van der Waals surface area contributed by atoms with Gasteiger partial charge in [0, 0.05) is 157 Å². The Morgan fingerprint density at radius 1 is 0.136 bits per heavy atom. The van der Waals surface area contributed by atoms with Gasteiger partial charge in [-0.05, 0) is 0 Å². The van der Waals surface area contributed by atoms with Gasteiger partial charge < -0.3 is 128 Å². The van der Waals surface area contributed by atoms with Gasteiger partial charge in [-0.25, -0.2) is 0 Å². The summed E-state index contributed by atoms with van der Waals surface area (Å²) in [5, 5.41) is 53.0. The molecule has 0 aromatic carbocycles. The fraction of sp³-hybridized carbons (Fsp3) is 0.500. The van der Waals surface area contributed by atoms with Crippen molar-refractivity contribution in [2.45, 2.75) is 0 Å². The fourth-order valence-electron chi connectivity index (χ4n) is 6.15. The molecule has 3 aliphatic heterocycles. The van der Waals surface area contributed by atoms with Crippen molar-refractivity contribution in [1.29, 1.82) is 0 Å². The molecule has 0 aliphatic carbocycles. The van der Waals surface area contributed by atoms with E-state index in [2.05, 4.69) is 208 Å². The topological polar surface area (TPSA) is 698 Å². The van der Waals surface area contributed by atoms with Crippen molar-refractivity contribution in [3.8, 4) is 0 Å². The van der Waals surface area contributed by atoms with Crippen molar-refractivity contribution < 1.29 is 273 Å². The van der Waals surface area contributed by atoms with Crippen molar-refractivity contribution in [3.05, 3.63) is 0 Å². The van der Waals surface area contributed by atoms with E-state index in [1.165, 1.54) is 0 Å². The molecular formula is C48H72Cl24Cu4Fe4Mn4N24O24. The normalized spacial score (nSPS) is 16.1. The van der Waals surface area contributed by atoms with E-state index in [-0.39, 0.29) is 262 Å². The van der Waals surface area contributed by atoms with Crippen LogP contribution in [0.15, 0.2) is 0 Å². The average Bonchev–Trinajstić information content (AvgIpc) is 0.944. The van der Waals surface area contributed by atoms with Crippen molar-refractivity contribution in [1.82, 2.24) is 128 Å². The number of nitrogens with one attached hydrogen (secondary N) is 24. The van der Waals surface area contributed by atoms with Crippen LogP contribution < -0.4 is 128 Å². The van der Waals surface area contributed by atoms with Gasteiger partial charge in [-0.1, -0.05) is 0 Å². The van der Waals surface area contributed by atoms with Crippen LogP contribution in [0.1, 0.15) is 0 Å². The molecule has 0 bridgehead atoms. The summed E-state index contributed by atoms with van der Waals surface area (Å²) < 4.78 is 0. The van der Waals surface area contributed by atoms with Gasteiger partial charge >= 0.3 is 542 Å². The van der Waals surface area contributed by atoms with Gasteiger partial charge in [0.2, 0.25) is 0 Å². The summed E-state index contributed by atoms with van der Waals surface area (Å²) in [6, 6.07) is 0. The molecule has 132 heavy (non-hydrogen) atoms. The van der Waals surface area contributed by atoms with Gasteiger partial charge in [0.1, 0.15) is 0 Å².